The van der Waals surface area contributed by atoms with Crippen molar-refractivity contribution in [2.75, 3.05) is 26.2 Å². The summed E-state index contributed by atoms with van der Waals surface area (Å²) >= 11 is 3.55. The topological polar surface area (TPSA) is 43.2 Å². The highest BCUT2D eigenvalue weighted by atomic mass is 79.9. The molecule has 27 heavy (non-hydrogen) atoms. The Morgan fingerprint density at radius 1 is 1.15 bits per heavy atom. The summed E-state index contributed by atoms with van der Waals surface area (Å²) in [6, 6.07) is 3.86. The van der Waals surface area contributed by atoms with E-state index in [1.807, 2.05) is 21.7 Å². The van der Waals surface area contributed by atoms with Gasteiger partial charge in [-0.15, -0.1) is 5.10 Å². The van der Waals surface area contributed by atoms with E-state index in [0.29, 0.717) is 37.9 Å². The number of hydrogen-bond donors (Lipinski definition) is 0. The van der Waals surface area contributed by atoms with Crippen LogP contribution in [0.25, 0.3) is 11.0 Å². The standard InChI is InChI=1S/C18H22BrF3N4O/c19-16-15(4-3-14-17(16)23-24-26(14)11-12-1-2-12)27-10-9-25-7-5-13(6-8-25)18(20,21)22/h3-4,12-13H,1-2,5-11H2. The molecule has 2 aromatic rings. The van der Waals surface area contributed by atoms with E-state index in [4.69, 9.17) is 4.74 Å². The van der Waals surface area contributed by atoms with Gasteiger partial charge in [-0.3, -0.25) is 4.90 Å². The number of hydrogen-bond acceptors (Lipinski definition) is 4. The highest BCUT2D eigenvalue weighted by Gasteiger charge is 2.40. The van der Waals surface area contributed by atoms with E-state index in [0.717, 1.165) is 22.1 Å². The number of halogens is 4. The van der Waals surface area contributed by atoms with Gasteiger partial charge < -0.3 is 4.74 Å². The van der Waals surface area contributed by atoms with Crippen molar-refractivity contribution in [3.8, 4) is 5.75 Å². The minimum Gasteiger partial charge on any atom is -0.491 e. The van der Waals surface area contributed by atoms with Crippen LogP contribution in [0.5, 0.6) is 5.75 Å². The first-order chi connectivity index (χ1) is 12.9. The van der Waals surface area contributed by atoms with Gasteiger partial charge in [0.05, 0.1) is 15.9 Å². The van der Waals surface area contributed by atoms with E-state index < -0.39 is 12.1 Å². The molecule has 0 atom stereocenters. The van der Waals surface area contributed by atoms with Gasteiger partial charge in [0, 0.05) is 13.1 Å². The normalized spacial score (nSPS) is 19.7. The highest BCUT2D eigenvalue weighted by Crippen LogP contribution is 2.35. The molecule has 2 fully saturated rings. The molecule has 1 saturated carbocycles. The third-order valence-electron chi connectivity index (χ3n) is 5.43. The number of rotatable bonds is 6. The van der Waals surface area contributed by atoms with E-state index in [1.54, 1.807) is 0 Å². The van der Waals surface area contributed by atoms with Crippen LogP contribution in [0, 0.1) is 11.8 Å². The summed E-state index contributed by atoms with van der Waals surface area (Å²) in [6.07, 6.45) is -1.22. The molecule has 0 amide bonds. The van der Waals surface area contributed by atoms with Crippen LogP contribution >= 0.6 is 15.9 Å². The Labute approximate surface area is 164 Å². The summed E-state index contributed by atoms with van der Waals surface area (Å²) in [5.74, 6) is 0.238. The minimum absolute atomic E-state index is 0.170. The number of nitrogens with zero attached hydrogens (tertiary/aromatic N) is 4. The summed E-state index contributed by atoms with van der Waals surface area (Å²) in [5, 5.41) is 8.50. The van der Waals surface area contributed by atoms with Crippen LogP contribution in [0.15, 0.2) is 16.6 Å². The molecular formula is C18H22BrF3N4O. The van der Waals surface area contributed by atoms with Crippen molar-refractivity contribution >= 4 is 27.0 Å². The molecule has 0 spiro atoms. The van der Waals surface area contributed by atoms with Crippen molar-refractivity contribution < 1.29 is 17.9 Å². The Morgan fingerprint density at radius 2 is 1.89 bits per heavy atom. The molecule has 4 rings (SSSR count). The fourth-order valence-corrected chi connectivity index (χ4v) is 4.08. The Morgan fingerprint density at radius 3 is 2.56 bits per heavy atom. The lowest BCUT2D eigenvalue weighted by Crippen LogP contribution is -2.40. The van der Waals surface area contributed by atoms with Crippen LogP contribution in [-0.4, -0.2) is 52.3 Å². The van der Waals surface area contributed by atoms with Gasteiger partial charge in [-0.2, -0.15) is 13.2 Å². The zero-order valence-corrected chi connectivity index (χ0v) is 16.5. The molecule has 0 radical (unpaired) electrons. The molecule has 1 aromatic heterocycles. The molecule has 0 unspecified atom stereocenters. The van der Waals surface area contributed by atoms with E-state index in [1.165, 1.54) is 12.8 Å². The van der Waals surface area contributed by atoms with E-state index >= 15 is 0 Å². The number of ether oxygens (including phenoxy) is 1. The van der Waals surface area contributed by atoms with Crippen LogP contribution in [-0.2, 0) is 6.54 Å². The Balaban J connectivity index is 1.31. The third-order valence-corrected chi connectivity index (χ3v) is 6.20. The average molecular weight is 447 g/mol. The van der Waals surface area contributed by atoms with Gasteiger partial charge >= 0.3 is 6.18 Å². The van der Waals surface area contributed by atoms with Crippen LogP contribution in [0.1, 0.15) is 25.7 Å². The van der Waals surface area contributed by atoms with E-state index in [-0.39, 0.29) is 12.8 Å². The summed E-state index contributed by atoms with van der Waals surface area (Å²) < 4.78 is 46.8. The smallest absolute Gasteiger partial charge is 0.391 e. The van der Waals surface area contributed by atoms with Crippen molar-refractivity contribution in [3.63, 3.8) is 0 Å². The summed E-state index contributed by atoms with van der Waals surface area (Å²) in [4.78, 5) is 2.03. The van der Waals surface area contributed by atoms with Gasteiger partial charge in [0.25, 0.3) is 0 Å². The van der Waals surface area contributed by atoms with Gasteiger partial charge in [0.1, 0.15) is 17.9 Å². The van der Waals surface area contributed by atoms with E-state index in [9.17, 15) is 13.2 Å². The monoisotopic (exact) mass is 446 g/mol. The summed E-state index contributed by atoms with van der Waals surface area (Å²) in [6.45, 7) is 2.86. The zero-order valence-electron chi connectivity index (χ0n) is 14.9. The summed E-state index contributed by atoms with van der Waals surface area (Å²) in [5.41, 5.74) is 1.76. The minimum atomic E-state index is -4.07. The highest BCUT2D eigenvalue weighted by molar-refractivity contribution is 9.10. The molecule has 0 bridgehead atoms. The maximum Gasteiger partial charge on any atom is 0.391 e. The Kier molecular flexibility index (Phi) is 5.33. The summed E-state index contributed by atoms with van der Waals surface area (Å²) in [7, 11) is 0. The number of fused-ring (bicyclic) bond motifs is 1. The maximum absolute atomic E-state index is 12.7. The third kappa shape index (κ3) is 4.39. The number of piperidine rings is 1. The molecule has 2 heterocycles. The first-order valence-electron chi connectivity index (χ1n) is 9.35. The molecule has 5 nitrogen and oxygen atoms in total. The largest absolute Gasteiger partial charge is 0.491 e. The molecule has 1 aliphatic heterocycles. The van der Waals surface area contributed by atoms with Crippen molar-refractivity contribution in [2.45, 2.75) is 38.4 Å². The molecule has 1 aliphatic carbocycles. The Bertz CT molecular complexity index is 798. The van der Waals surface area contributed by atoms with Crippen LogP contribution in [0.3, 0.4) is 0 Å². The number of alkyl halides is 3. The molecule has 1 aromatic carbocycles. The molecule has 9 heteroatoms. The lowest BCUT2D eigenvalue weighted by atomic mass is 9.96. The fourth-order valence-electron chi connectivity index (χ4n) is 3.55. The van der Waals surface area contributed by atoms with Crippen LogP contribution < -0.4 is 4.74 Å². The lowest BCUT2D eigenvalue weighted by molar-refractivity contribution is -0.185. The van der Waals surface area contributed by atoms with Gasteiger partial charge in [0.15, 0.2) is 0 Å². The lowest BCUT2D eigenvalue weighted by Gasteiger charge is -2.32. The molecule has 2 aliphatic rings. The SMILES string of the molecule is FC(F)(F)C1CCN(CCOc2ccc3c(nnn3CC3CC3)c2Br)CC1. The van der Waals surface area contributed by atoms with Crippen LogP contribution in [0.4, 0.5) is 13.2 Å². The molecule has 148 valence electrons. The number of aromatic nitrogens is 3. The Hall–Kier alpha value is -1.35. The molecule has 1 saturated heterocycles. The van der Waals surface area contributed by atoms with Gasteiger partial charge in [-0.05, 0) is 72.8 Å². The van der Waals surface area contributed by atoms with Crippen LogP contribution in [0.2, 0.25) is 0 Å². The molecule has 0 N–H and O–H groups in total. The molecular weight excluding hydrogens is 425 g/mol. The quantitative estimate of drug-likeness (QED) is 0.664. The average Bonchev–Trinajstić information content (AvgIpc) is 3.35. The second kappa shape index (κ2) is 7.58. The first kappa shape index (κ1) is 19.0. The van der Waals surface area contributed by atoms with E-state index in [2.05, 4.69) is 26.2 Å². The number of likely N-dealkylation sites (tertiary alicyclic amines) is 1. The first-order valence-corrected chi connectivity index (χ1v) is 10.1. The van der Waals surface area contributed by atoms with Crippen molar-refractivity contribution in [1.29, 1.82) is 0 Å². The number of benzene rings is 1. The predicted octanol–water partition coefficient (Wildman–Crippen LogP) is 4.26. The second-order valence-electron chi connectivity index (χ2n) is 7.47. The predicted molar refractivity (Wildman–Crippen MR) is 98.7 cm³/mol. The fraction of sp³-hybridized carbons (Fsp3) is 0.667. The van der Waals surface area contributed by atoms with Crippen molar-refractivity contribution in [3.05, 3.63) is 16.6 Å². The van der Waals surface area contributed by atoms with Crippen molar-refractivity contribution in [2.24, 2.45) is 11.8 Å². The van der Waals surface area contributed by atoms with Gasteiger partial charge in [-0.1, -0.05) is 5.21 Å². The maximum atomic E-state index is 12.7. The second-order valence-corrected chi connectivity index (χ2v) is 8.26. The van der Waals surface area contributed by atoms with Crippen molar-refractivity contribution in [1.82, 2.24) is 19.9 Å². The van der Waals surface area contributed by atoms with Gasteiger partial charge in [-0.25, -0.2) is 4.68 Å². The van der Waals surface area contributed by atoms with Gasteiger partial charge in [0.2, 0.25) is 0 Å². The zero-order chi connectivity index (χ0) is 19.0.